The molecule has 0 aliphatic heterocycles. The van der Waals surface area contributed by atoms with Crippen LogP contribution < -0.4 is 4.74 Å². The van der Waals surface area contributed by atoms with Gasteiger partial charge in [-0.25, -0.2) is 0 Å². The van der Waals surface area contributed by atoms with Gasteiger partial charge in [-0.1, -0.05) is 16.5 Å². The smallest absolute Gasteiger partial charge is 0.320 e. The second-order valence-electron chi connectivity index (χ2n) is 6.19. The molecule has 0 aromatic heterocycles. The summed E-state index contributed by atoms with van der Waals surface area (Å²) in [6.45, 7) is 5.43. The molecule has 0 radical (unpaired) electrons. The highest BCUT2D eigenvalue weighted by Crippen LogP contribution is 2.22. The second-order valence-corrected chi connectivity index (χ2v) is 8.10. The summed E-state index contributed by atoms with van der Waals surface area (Å²) in [6.07, 6.45) is 0.336. The molecule has 1 aromatic carbocycles. The average Bonchev–Trinajstić information content (AvgIpc) is 2.52. The van der Waals surface area contributed by atoms with Gasteiger partial charge < -0.3 is 14.4 Å². The number of carboxylic acids is 1. The number of methoxy groups -OCH3 is 1. The molecule has 0 bridgehead atoms. The molecule has 6 nitrogen and oxygen atoms in total. The van der Waals surface area contributed by atoms with Crippen molar-refractivity contribution in [3.05, 3.63) is 29.8 Å². The van der Waals surface area contributed by atoms with E-state index in [9.17, 15) is 9.35 Å². The number of rotatable bonds is 7. The third-order valence-corrected chi connectivity index (χ3v) is 4.68. The fraction of sp³-hybridized carbons (Fsp3) is 0.471. The predicted molar refractivity (Wildman–Crippen MR) is 93.4 cm³/mol. The summed E-state index contributed by atoms with van der Waals surface area (Å²) < 4.78 is 21.3. The standard InChI is InChI=1S/C17H22N2O4S/c1-17(2,3)24(22)19-15(9-8-13(11-18)16(20)21)12-6-5-7-14(10-12)23-4/h5-7,10,13H,8-9H2,1-4H3,(H,20,21)/b19-15+. The van der Waals surface area contributed by atoms with Gasteiger partial charge in [0.25, 0.3) is 0 Å². The SMILES string of the molecule is COc1cccc(/C(CCC(C#N)C(=O)O)=N/[S+]([O-])C(C)(C)C)c1. The maximum atomic E-state index is 12.4. The molecule has 0 amide bonds. The van der Waals surface area contributed by atoms with E-state index in [1.54, 1.807) is 37.4 Å². The number of benzene rings is 1. The number of nitrogens with zero attached hydrogens (tertiary/aromatic N) is 2. The first-order valence-corrected chi connectivity index (χ1v) is 8.56. The topological polar surface area (TPSA) is 106 Å². The van der Waals surface area contributed by atoms with Crippen molar-refractivity contribution in [1.82, 2.24) is 0 Å². The monoisotopic (exact) mass is 350 g/mol. The Morgan fingerprint density at radius 3 is 2.67 bits per heavy atom. The van der Waals surface area contributed by atoms with Crippen LogP contribution in [-0.2, 0) is 16.2 Å². The Morgan fingerprint density at radius 2 is 2.17 bits per heavy atom. The van der Waals surface area contributed by atoms with Crippen LogP contribution in [0.4, 0.5) is 0 Å². The third-order valence-electron chi connectivity index (χ3n) is 3.24. The Labute approximate surface area is 145 Å². The number of hydrogen-bond acceptors (Lipinski definition) is 5. The summed E-state index contributed by atoms with van der Waals surface area (Å²) in [5.74, 6) is -1.67. The van der Waals surface area contributed by atoms with Gasteiger partial charge in [0, 0.05) is 5.56 Å². The van der Waals surface area contributed by atoms with Crippen molar-refractivity contribution in [2.75, 3.05) is 7.11 Å². The molecule has 0 fully saturated rings. The second kappa shape index (κ2) is 8.71. The molecule has 0 saturated heterocycles. The predicted octanol–water partition coefficient (Wildman–Crippen LogP) is 2.95. The van der Waals surface area contributed by atoms with E-state index in [4.69, 9.17) is 15.1 Å². The Hall–Kier alpha value is -2.04. The largest absolute Gasteiger partial charge is 0.591 e. The van der Waals surface area contributed by atoms with E-state index in [2.05, 4.69) is 4.40 Å². The summed E-state index contributed by atoms with van der Waals surface area (Å²) in [4.78, 5) is 11.0. The lowest BCUT2D eigenvalue weighted by molar-refractivity contribution is -0.139. The van der Waals surface area contributed by atoms with Gasteiger partial charge in [-0.15, -0.1) is 0 Å². The molecule has 0 aliphatic rings. The molecule has 0 aliphatic carbocycles. The lowest BCUT2D eigenvalue weighted by Crippen LogP contribution is -2.27. The zero-order valence-corrected chi connectivity index (χ0v) is 15.1. The maximum Gasteiger partial charge on any atom is 0.320 e. The number of ether oxygens (including phenoxy) is 1. The zero-order valence-electron chi connectivity index (χ0n) is 14.3. The number of hydrogen-bond donors (Lipinski definition) is 1. The molecular formula is C17H22N2O4S. The van der Waals surface area contributed by atoms with Crippen LogP contribution in [0, 0.1) is 17.2 Å². The molecule has 1 rings (SSSR count). The summed E-state index contributed by atoms with van der Waals surface area (Å²) in [6, 6.07) is 8.86. The highest BCUT2D eigenvalue weighted by Gasteiger charge is 2.28. The summed E-state index contributed by atoms with van der Waals surface area (Å²) in [5.41, 5.74) is 1.21. The molecule has 0 saturated carbocycles. The van der Waals surface area contributed by atoms with Gasteiger partial charge in [0.05, 0.1) is 18.9 Å². The summed E-state index contributed by atoms with van der Waals surface area (Å²) in [7, 11) is 1.54. The molecule has 1 N–H and O–H groups in total. The van der Waals surface area contributed by atoms with Crippen LogP contribution in [0.3, 0.4) is 0 Å². The highest BCUT2D eigenvalue weighted by atomic mass is 32.2. The van der Waals surface area contributed by atoms with Crippen LogP contribution in [0.1, 0.15) is 39.2 Å². The molecule has 0 spiro atoms. The summed E-state index contributed by atoms with van der Waals surface area (Å²) in [5, 5.41) is 17.9. The average molecular weight is 350 g/mol. The quantitative estimate of drug-likeness (QED) is 0.601. The minimum absolute atomic E-state index is 0.100. The Bertz CT molecular complexity index is 647. The molecular weight excluding hydrogens is 328 g/mol. The van der Waals surface area contributed by atoms with Crippen molar-refractivity contribution in [2.24, 2.45) is 10.3 Å². The van der Waals surface area contributed by atoms with Crippen molar-refractivity contribution in [1.29, 1.82) is 5.26 Å². The molecule has 7 heteroatoms. The van der Waals surface area contributed by atoms with E-state index >= 15 is 0 Å². The molecule has 24 heavy (non-hydrogen) atoms. The highest BCUT2D eigenvalue weighted by molar-refractivity contribution is 7.91. The van der Waals surface area contributed by atoms with Crippen LogP contribution >= 0.6 is 0 Å². The molecule has 130 valence electrons. The van der Waals surface area contributed by atoms with E-state index < -0.39 is 28.0 Å². The van der Waals surface area contributed by atoms with Gasteiger partial charge >= 0.3 is 5.97 Å². The fourth-order valence-electron chi connectivity index (χ4n) is 1.81. The molecule has 0 heterocycles. The summed E-state index contributed by atoms with van der Waals surface area (Å²) >= 11 is -1.49. The lowest BCUT2D eigenvalue weighted by Gasteiger charge is -2.19. The lowest BCUT2D eigenvalue weighted by atomic mass is 9.99. The third kappa shape index (κ3) is 5.87. The molecule has 2 atom stereocenters. The van der Waals surface area contributed by atoms with Gasteiger partial charge in [0.2, 0.25) is 0 Å². The van der Waals surface area contributed by atoms with E-state index in [1.807, 2.05) is 20.8 Å². The van der Waals surface area contributed by atoms with Crippen molar-refractivity contribution in [2.45, 2.75) is 38.4 Å². The zero-order chi connectivity index (χ0) is 18.3. The number of aliphatic carboxylic acids is 1. The number of nitriles is 1. The van der Waals surface area contributed by atoms with E-state index in [1.165, 1.54) is 0 Å². The van der Waals surface area contributed by atoms with Crippen molar-refractivity contribution in [3.63, 3.8) is 0 Å². The van der Waals surface area contributed by atoms with Gasteiger partial charge in [0.15, 0.2) is 0 Å². The van der Waals surface area contributed by atoms with E-state index in [0.29, 0.717) is 17.0 Å². The molecule has 2 unspecified atom stereocenters. The van der Waals surface area contributed by atoms with Crippen LogP contribution in [0.5, 0.6) is 5.75 Å². The number of carbonyl (C=O) groups is 1. The van der Waals surface area contributed by atoms with Crippen molar-refractivity contribution in [3.8, 4) is 11.8 Å². The van der Waals surface area contributed by atoms with E-state index in [0.717, 1.165) is 0 Å². The fourth-order valence-corrected chi connectivity index (χ4v) is 2.48. The first-order valence-electron chi connectivity index (χ1n) is 7.45. The van der Waals surface area contributed by atoms with Crippen LogP contribution in [-0.4, -0.2) is 33.2 Å². The normalized spacial score (nSPS) is 14.6. The number of carboxylic acid groups (broad SMARTS) is 1. The van der Waals surface area contributed by atoms with Crippen molar-refractivity contribution < 1.29 is 19.2 Å². The van der Waals surface area contributed by atoms with Gasteiger partial charge in [0.1, 0.15) is 27.8 Å². The van der Waals surface area contributed by atoms with Gasteiger partial charge in [-0.2, -0.15) is 5.26 Å². The maximum absolute atomic E-state index is 12.4. The van der Waals surface area contributed by atoms with Crippen LogP contribution in [0.25, 0.3) is 0 Å². The van der Waals surface area contributed by atoms with Gasteiger partial charge in [-0.05, 0) is 45.7 Å². The first-order chi connectivity index (χ1) is 11.2. The van der Waals surface area contributed by atoms with Gasteiger partial charge in [-0.3, -0.25) is 4.79 Å². The van der Waals surface area contributed by atoms with Crippen LogP contribution in [0.15, 0.2) is 28.7 Å². The Kier molecular flexibility index (Phi) is 7.26. The van der Waals surface area contributed by atoms with Crippen molar-refractivity contribution >= 4 is 23.0 Å². The Morgan fingerprint density at radius 1 is 1.50 bits per heavy atom. The first kappa shape index (κ1) is 20.0. The Balaban J connectivity index is 3.14. The minimum atomic E-state index is -1.49. The van der Waals surface area contributed by atoms with E-state index in [-0.39, 0.29) is 12.8 Å². The minimum Gasteiger partial charge on any atom is -0.591 e. The van der Waals surface area contributed by atoms with Crippen LogP contribution in [0.2, 0.25) is 0 Å². The molecule has 1 aromatic rings.